The summed E-state index contributed by atoms with van der Waals surface area (Å²) in [7, 11) is 0. The van der Waals surface area contributed by atoms with Gasteiger partial charge in [-0.05, 0) is 37.1 Å². The number of nitrogens with zero attached hydrogens (tertiary/aromatic N) is 2. The van der Waals surface area contributed by atoms with Crippen molar-refractivity contribution in [1.29, 1.82) is 0 Å². The van der Waals surface area contributed by atoms with Crippen LogP contribution in [0, 0.1) is 5.82 Å². The number of nitrogens with one attached hydrogen (secondary N) is 1. The molecule has 108 valence electrons. The molecular formula is C14H11BrFN3OS. The number of halogens is 2. The highest BCUT2D eigenvalue weighted by molar-refractivity contribution is 9.10. The molecule has 7 heteroatoms. The average molecular weight is 368 g/mol. The number of anilines is 1. The Morgan fingerprint density at radius 2 is 2.24 bits per heavy atom. The predicted molar refractivity (Wildman–Crippen MR) is 83.6 cm³/mol. The zero-order valence-electron chi connectivity index (χ0n) is 10.8. The van der Waals surface area contributed by atoms with Crippen molar-refractivity contribution in [3.8, 4) is 0 Å². The van der Waals surface area contributed by atoms with Gasteiger partial charge in [0.05, 0.1) is 0 Å². The molecule has 1 heterocycles. The standard InChI is InChI=1S/C14H11BrFN3OS/c15-10-4-5-11(16)9(7-10)3-6-12(20)17-14-19-18-13(21-14)8-1-2-8/h3-8H,1-2H2,(H,17,19,20)/b6-3+. The lowest BCUT2D eigenvalue weighted by Gasteiger charge is -1.98. The molecule has 0 bridgehead atoms. The lowest BCUT2D eigenvalue weighted by Crippen LogP contribution is -2.07. The molecule has 3 rings (SSSR count). The van der Waals surface area contributed by atoms with E-state index in [0.29, 0.717) is 16.6 Å². The Bertz CT molecular complexity index is 712. The van der Waals surface area contributed by atoms with E-state index in [1.807, 2.05) is 0 Å². The zero-order valence-corrected chi connectivity index (χ0v) is 13.2. The van der Waals surface area contributed by atoms with E-state index >= 15 is 0 Å². The second-order valence-electron chi connectivity index (χ2n) is 4.71. The van der Waals surface area contributed by atoms with Gasteiger partial charge in [-0.3, -0.25) is 10.1 Å². The molecule has 0 saturated heterocycles. The molecule has 21 heavy (non-hydrogen) atoms. The van der Waals surface area contributed by atoms with Crippen LogP contribution in [0.15, 0.2) is 28.7 Å². The van der Waals surface area contributed by atoms with Gasteiger partial charge < -0.3 is 0 Å². The van der Waals surface area contributed by atoms with E-state index in [1.54, 1.807) is 12.1 Å². The first-order valence-electron chi connectivity index (χ1n) is 6.39. The molecule has 2 aromatic rings. The van der Waals surface area contributed by atoms with Crippen molar-refractivity contribution in [2.24, 2.45) is 0 Å². The Balaban J connectivity index is 1.64. The summed E-state index contributed by atoms with van der Waals surface area (Å²) in [5.41, 5.74) is 0.343. The normalized spacial score (nSPS) is 14.6. The van der Waals surface area contributed by atoms with Crippen LogP contribution in [0.2, 0.25) is 0 Å². The Hall–Kier alpha value is -1.60. The molecule has 4 nitrogen and oxygen atoms in total. The lowest BCUT2D eigenvalue weighted by molar-refractivity contribution is -0.111. The first-order valence-corrected chi connectivity index (χ1v) is 8.00. The molecule has 0 atom stereocenters. The second kappa shape index (κ2) is 6.03. The largest absolute Gasteiger partial charge is 0.297 e. The third-order valence-electron chi connectivity index (χ3n) is 2.97. The summed E-state index contributed by atoms with van der Waals surface area (Å²) in [6.07, 6.45) is 5.00. The van der Waals surface area contributed by atoms with Crippen LogP contribution in [-0.2, 0) is 4.79 Å². The van der Waals surface area contributed by atoms with Crippen LogP contribution in [0.3, 0.4) is 0 Å². The van der Waals surface area contributed by atoms with Crippen LogP contribution in [0.1, 0.15) is 29.3 Å². The second-order valence-corrected chi connectivity index (χ2v) is 6.63. The van der Waals surface area contributed by atoms with Crippen molar-refractivity contribution in [2.75, 3.05) is 5.32 Å². The fourth-order valence-electron chi connectivity index (χ4n) is 1.74. The molecule has 1 amide bonds. The lowest BCUT2D eigenvalue weighted by atomic mass is 10.2. The van der Waals surface area contributed by atoms with E-state index in [9.17, 15) is 9.18 Å². The quantitative estimate of drug-likeness (QED) is 0.831. The number of carbonyl (C=O) groups excluding carboxylic acids is 1. The minimum absolute atomic E-state index is 0.343. The van der Waals surface area contributed by atoms with E-state index in [4.69, 9.17) is 0 Å². The number of hydrogen-bond donors (Lipinski definition) is 1. The minimum atomic E-state index is -0.380. The Labute approximate surface area is 133 Å². The van der Waals surface area contributed by atoms with Crippen LogP contribution in [-0.4, -0.2) is 16.1 Å². The molecular weight excluding hydrogens is 357 g/mol. The molecule has 0 unspecified atom stereocenters. The third-order valence-corrected chi connectivity index (χ3v) is 4.46. The molecule has 1 aromatic heterocycles. The Kier molecular flexibility index (Phi) is 4.12. The van der Waals surface area contributed by atoms with Crippen molar-refractivity contribution < 1.29 is 9.18 Å². The van der Waals surface area contributed by atoms with E-state index in [2.05, 4.69) is 31.4 Å². The molecule has 0 radical (unpaired) electrons. The van der Waals surface area contributed by atoms with Gasteiger partial charge in [-0.2, -0.15) is 0 Å². The summed E-state index contributed by atoms with van der Waals surface area (Å²) < 4.78 is 14.3. The summed E-state index contributed by atoms with van der Waals surface area (Å²) in [6.45, 7) is 0. The maximum absolute atomic E-state index is 13.5. The van der Waals surface area contributed by atoms with Crippen molar-refractivity contribution >= 4 is 44.4 Å². The number of aromatic nitrogens is 2. The van der Waals surface area contributed by atoms with Gasteiger partial charge in [-0.25, -0.2) is 4.39 Å². The van der Waals surface area contributed by atoms with Gasteiger partial charge in [-0.15, -0.1) is 10.2 Å². The fraction of sp³-hybridized carbons (Fsp3) is 0.214. The maximum Gasteiger partial charge on any atom is 0.250 e. The summed E-state index contributed by atoms with van der Waals surface area (Å²) in [6, 6.07) is 4.55. The summed E-state index contributed by atoms with van der Waals surface area (Å²) in [4.78, 5) is 11.8. The summed E-state index contributed by atoms with van der Waals surface area (Å²) in [5.74, 6) is -0.221. The number of carbonyl (C=O) groups is 1. The SMILES string of the molecule is O=C(/C=C/c1cc(Br)ccc1F)Nc1nnc(C2CC2)s1. The molecule has 1 aromatic carbocycles. The van der Waals surface area contributed by atoms with Crippen molar-refractivity contribution in [3.05, 3.63) is 45.1 Å². The molecule has 1 aliphatic rings. The highest BCUT2D eigenvalue weighted by Crippen LogP contribution is 2.42. The fourth-order valence-corrected chi connectivity index (χ4v) is 3.03. The van der Waals surface area contributed by atoms with Gasteiger partial charge >= 0.3 is 0 Å². The van der Waals surface area contributed by atoms with Crippen LogP contribution < -0.4 is 5.32 Å². The molecule has 1 fully saturated rings. The van der Waals surface area contributed by atoms with Gasteiger partial charge in [0.2, 0.25) is 11.0 Å². The highest BCUT2D eigenvalue weighted by atomic mass is 79.9. The van der Waals surface area contributed by atoms with Crippen molar-refractivity contribution in [2.45, 2.75) is 18.8 Å². The van der Waals surface area contributed by atoms with Crippen LogP contribution >= 0.6 is 27.3 Å². The third kappa shape index (κ3) is 3.74. The first kappa shape index (κ1) is 14.3. The highest BCUT2D eigenvalue weighted by Gasteiger charge is 2.27. The predicted octanol–water partition coefficient (Wildman–Crippen LogP) is 3.97. The maximum atomic E-state index is 13.5. The van der Waals surface area contributed by atoms with Gasteiger partial charge in [0, 0.05) is 22.0 Å². The van der Waals surface area contributed by atoms with E-state index in [1.165, 1.54) is 29.6 Å². The first-order chi connectivity index (χ1) is 10.1. The van der Waals surface area contributed by atoms with Crippen molar-refractivity contribution in [3.63, 3.8) is 0 Å². The van der Waals surface area contributed by atoms with Gasteiger partial charge in [0.1, 0.15) is 10.8 Å². The molecule has 0 aliphatic heterocycles. The Morgan fingerprint density at radius 3 is 3.00 bits per heavy atom. The Morgan fingerprint density at radius 1 is 1.43 bits per heavy atom. The van der Waals surface area contributed by atoms with Crippen molar-refractivity contribution in [1.82, 2.24) is 10.2 Å². The average Bonchev–Trinajstić information content (AvgIpc) is 3.21. The van der Waals surface area contributed by atoms with Crippen LogP contribution in [0.4, 0.5) is 9.52 Å². The van der Waals surface area contributed by atoms with E-state index in [-0.39, 0.29) is 11.7 Å². The number of amides is 1. The van der Waals surface area contributed by atoms with Gasteiger partial charge in [0.15, 0.2) is 0 Å². The molecule has 0 spiro atoms. The summed E-state index contributed by atoms with van der Waals surface area (Å²) >= 11 is 4.65. The molecule has 1 aliphatic carbocycles. The molecule has 1 N–H and O–H groups in total. The van der Waals surface area contributed by atoms with Crippen LogP contribution in [0.25, 0.3) is 6.08 Å². The smallest absolute Gasteiger partial charge is 0.250 e. The number of hydrogen-bond acceptors (Lipinski definition) is 4. The van der Waals surface area contributed by atoms with E-state index < -0.39 is 0 Å². The number of rotatable bonds is 4. The topological polar surface area (TPSA) is 54.9 Å². The van der Waals surface area contributed by atoms with Gasteiger partial charge in [-0.1, -0.05) is 27.3 Å². The number of benzene rings is 1. The van der Waals surface area contributed by atoms with Crippen LogP contribution in [0.5, 0.6) is 0 Å². The zero-order chi connectivity index (χ0) is 14.8. The van der Waals surface area contributed by atoms with Gasteiger partial charge in [0.25, 0.3) is 0 Å². The monoisotopic (exact) mass is 367 g/mol. The molecule has 1 saturated carbocycles. The minimum Gasteiger partial charge on any atom is -0.297 e. The summed E-state index contributed by atoms with van der Waals surface area (Å²) in [5, 5.41) is 12.0. The van der Waals surface area contributed by atoms with E-state index in [0.717, 1.165) is 22.3 Å².